The van der Waals surface area contributed by atoms with Gasteiger partial charge in [-0.15, -0.1) is 18.2 Å². The van der Waals surface area contributed by atoms with Crippen LogP contribution >= 0.6 is 11.6 Å². The molecule has 0 aliphatic carbocycles. The summed E-state index contributed by atoms with van der Waals surface area (Å²) in [5, 5.41) is 0. The highest BCUT2D eigenvalue weighted by Crippen LogP contribution is 2.37. The number of hydrogen-bond donors (Lipinski definition) is 0. The van der Waals surface area contributed by atoms with Crippen LogP contribution in [0.25, 0.3) is 0 Å². The van der Waals surface area contributed by atoms with Crippen LogP contribution in [0.5, 0.6) is 17.2 Å². The minimum Gasteiger partial charge on any atom is -0.493 e. The highest BCUT2D eigenvalue weighted by Gasteiger charge is 2.32. The second-order valence-corrected chi connectivity index (χ2v) is 20.7. The summed E-state index contributed by atoms with van der Waals surface area (Å²) in [6, 6.07) is 44.4. The molecule has 0 saturated heterocycles. The second-order valence-electron chi connectivity index (χ2n) is 15.0. The molecule has 0 amide bonds. The number of methoxy groups -OCH3 is 1. The van der Waals surface area contributed by atoms with E-state index in [2.05, 4.69) is 26.2 Å². The smallest absolute Gasteiger partial charge is 0.323 e. The number of carbonyl (C=O) groups is 1. The van der Waals surface area contributed by atoms with Crippen molar-refractivity contribution in [3.63, 3.8) is 0 Å². The molecule has 5 aromatic carbocycles. The molecule has 3 atom stereocenters. The third-order valence-electron chi connectivity index (χ3n) is 8.93. The van der Waals surface area contributed by atoms with Crippen LogP contribution in [0.15, 0.2) is 146 Å². The molecule has 9 heteroatoms. The maximum atomic E-state index is 13.0. The Kier molecular flexibility index (Phi) is 16.2. The van der Waals surface area contributed by atoms with E-state index in [1.165, 1.54) is 0 Å². The number of ether oxygens (including phenoxy) is 6. The summed E-state index contributed by atoms with van der Waals surface area (Å²) in [7, 11) is 0.0956. The Labute approximate surface area is 338 Å². The SMILES string of the molecule is C=C(C[C@@H](OC(OC(=O)CCl)[C@H](Cc1ccc(OCc2ccccc2)cc1)OCc1ccccc1)c1ccc(OCc2ccccc2)c(OC)c1)C[Si](C)(C)C. The molecule has 0 aliphatic heterocycles. The van der Waals surface area contributed by atoms with E-state index in [0.29, 0.717) is 37.6 Å². The number of alkyl halides is 1. The van der Waals surface area contributed by atoms with E-state index in [4.69, 9.17) is 40.0 Å². The predicted molar refractivity (Wildman–Crippen MR) is 226 cm³/mol. The fourth-order valence-corrected chi connectivity index (χ4v) is 8.00. The minimum atomic E-state index is -1.52. The molecule has 56 heavy (non-hydrogen) atoms. The predicted octanol–water partition coefficient (Wildman–Crippen LogP) is 11.1. The Hall–Kier alpha value is -4.86. The maximum absolute atomic E-state index is 13.0. The molecule has 0 aromatic heterocycles. The molecular weight excluding hydrogens is 740 g/mol. The lowest BCUT2D eigenvalue weighted by Crippen LogP contribution is -2.39. The summed E-state index contributed by atoms with van der Waals surface area (Å²) < 4.78 is 37.6. The van der Waals surface area contributed by atoms with Gasteiger partial charge < -0.3 is 28.4 Å². The van der Waals surface area contributed by atoms with Gasteiger partial charge in [-0.1, -0.05) is 134 Å². The first-order valence-electron chi connectivity index (χ1n) is 18.9. The lowest BCUT2D eigenvalue weighted by Gasteiger charge is -2.32. The normalized spacial score (nSPS) is 12.9. The van der Waals surface area contributed by atoms with Crippen LogP contribution in [0.1, 0.15) is 40.3 Å². The van der Waals surface area contributed by atoms with Crippen molar-refractivity contribution in [2.24, 2.45) is 0 Å². The van der Waals surface area contributed by atoms with E-state index >= 15 is 0 Å². The van der Waals surface area contributed by atoms with E-state index < -0.39 is 32.5 Å². The molecule has 1 unspecified atom stereocenters. The Bertz CT molecular complexity index is 1930. The molecule has 294 valence electrons. The Morgan fingerprint density at radius 2 is 1.27 bits per heavy atom. The largest absolute Gasteiger partial charge is 0.493 e. The third kappa shape index (κ3) is 14.0. The van der Waals surface area contributed by atoms with Crippen LogP contribution in [0.3, 0.4) is 0 Å². The van der Waals surface area contributed by atoms with Crippen LogP contribution in [0.2, 0.25) is 25.7 Å². The topological polar surface area (TPSA) is 72.5 Å². The lowest BCUT2D eigenvalue weighted by molar-refractivity contribution is -0.226. The van der Waals surface area contributed by atoms with Crippen molar-refractivity contribution >= 4 is 25.6 Å². The van der Waals surface area contributed by atoms with Gasteiger partial charge in [0.1, 0.15) is 30.9 Å². The minimum absolute atomic E-state index is 0.274. The number of esters is 1. The number of halogens is 1. The van der Waals surface area contributed by atoms with E-state index in [1.807, 2.05) is 133 Å². The Morgan fingerprint density at radius 1 is 0.696 bits per heavy atom. The monoisotopic (exact) mass is 792 g/mol. The zero-order chi connectivity index (χ0) is 39.8. The molecule has 0 fully saturated rings. The molecule has 0 N–H and O–H groups in total. The van der Waals surface area contributed by atoms with Crippen molar-refractivity contribution in [3.8, 4) is 17.2 Å². The van der Waals surface area contributed by atoms with Crippen molar-refractivity contribution in [1.29, 1.82) is 0 Å². The molecular formula is C47H53ClO7Si. The van der Waals surface area contributed by atoms with Crippen LogP contribution in [-0.4, -0.2) is 39.4 Å². The van der Waals surface area contributed by atoms with Crippen molar-refractivity contribution in [2.75, 3.05) is 13.0 Å². The van der Waals surface area contributed by atoms with Crippen LogP contribution in [-0.2, 0) is 45.2 Å². The summed E-state index contributed by atoms with van der Waals surface area (Å²) in [4.78, 5) is 13.0. The van der Waals surface area contributed by atoms with Gasteiger partial charge in [0.25, 0.3) is 0 Å². The van der Waals surface area contributed by atoms with Gasteiger partial charge in [0.2, 0.25) is 6.29 Å². The van der Waals surface area contributed by atoms with Crippen LogP contribution in [0, 0.1) is 0 Å². The fourth-order valence-electron chi connectivity index (χ4n) is 6.29. The Balaban J connectivity index is 1.44. The number of benzene rings is 5. The average Bonchev–Trinajstić information content (AvgIpc) is 3.21. The van der Waals surface area contributed by atoms with E-state index in [0.717, 1.165) is 45.2 Å². The van der Waals surface area contributed by atoms with Gasteiger partial charge in [-0.05, 0) is 64.5 Å². The quantitative estimate of drug-likeness (QED) is 0.0227. The van der Waals surface area contributed by atoms with Crippen LogP contribution in [0.4, 0.5) is 0 Å². The summed E-state index contributed by atoms with van der Waals surface area (Å²) in [6.45, 7) is 12.5. The maximum Gasteiger partial charge on any atom is 0.323 e. The molecule has 7 nitrogen and oxygen atoms in total. The van der Waals surface area contributed by atoms with Gasteiger partial charge in [-0.3, -0.25) is 4.79 Å². The van der Waals surface area contributed by atoms with Gasteiger partial charge in [0, 0.05) is 14.5 Å². The molecule has 0 radical (unpaired) electrons. The fraction of sp³-hybridized carbons (Fsp3) is 0.298. The zero-order valence-electron chi connectivity index (χ0n) is 32.8. The molecule has 0 bridgehead atoms. The summed E-state index contributed by atoms with van der Waals surface area (Å²) in [5.74, 6) is 0.949. The van der Waals surface area contributed by atoms with Gasteiger partial charge in [-0.2, -0.15) is 0 Å². The van der Waals surface area contributed by atoms with Crippen molar-refractivity contribution < 1.29 is 33.2 Å². The van der Waals surface area contributed by atoms with Gasteiger partial charge in [0.05, 0.1) is 19.8 Å². The first kappa shape index (κ1) is 42.3. The van der Waals surface area contributed by atoms with Gasteiger partial charge >= 0.3 is 5.97 Å². The second kappa shape index (κ2) is 21.4. The molecule has 0 aliphatic rings. The van der Waals surface area contributed by atoms with E-state index in [-0.39, 0.29) is 12.5 Å². The highest BCUT2D eigenvalue weighted by molar-refractivity contribution is 6.76. The number of hydrogen-bond acceptors (Lipinski definition) is 7. The van der Waals surface area contributed by atoms with Crippen molar-refractivity contribution in [2.45, 2.75) is 76.8 Å². The first-order chi connectivity index (χ1) is 27.1. The third-order valence-corrected chi connectivity index (χ3v) is 10.7. The summed E-state index contributed by atoms with van der Waals surface area (Å²) >= 11 is 6.04. The van der Waals surface area contributed by atoms with Crippen LogP contribution < -0.4 is 14.2 Å². The standard InChI is InChI=1S/C47H53ClO7Si/c1-35(34-56(3,4)5)27-43(40-23-26-42(44(29-40)50-2)52-32-38-17-11-7-12-18-38)54-47(55-46(49)30-48)45(53-33-39-19-13-8-14-20-39)28-36-21-24-41(25-22-36)51-31-37-15-9-6-10-16-37/h6-26,29,43,45,47H,1,27-28,30-34H2,2-5H3/t43-,45+,47?/m1/s1. The molecule has 5 aromatic rings. The zero-order valence-corrected chi connectivity index (χ0v) is 34.6. The molecule has 5 rings (SSSR count). The Morgan fingerprint density at radius 3 is 1.82 bits per heavy atom. The number of rotatable bonds is 22. The lowest BCUT2D eigenvalue weighted by atomic mass is 10.0. The van der Waals surface area contributed by atoms with E-state index in [9.17, 15) is 4.79 Å². The van der Waals surface area contributed by atoms with Gasteiger partial charge in [-0.25, -0.2) is 0 Å². The summed E-state index contributed by atoms with van der Waals surface area (Å²) in [5.41, 5.74) is 5.92. The van der Waals surface area contributed by atoms with Crippen molar-refractivity contribution in [1.82, 2.24) is 0 Å². The highest BCUT2D eigenvalue weighted by atomic mass is 35.5. The van der Waals surface area contributed by atoms with Crippen molar-refractivity contribution in [3.05, 3.63) is 173 Å². The van der Waals surface area contributed by atoms with Gasteiger partial charge in [0.15, 0.2) is 11.5 Å². The summed E-state index contributed by atoms with van der Waals surface area (Å²) in [6.07, 6.45) is -1.53. The molecule has 0 saturated carbocycles. The average molecular weight is 793 g/mol. The van der Waals surface area contributed by atoms with E-state index in [1.54, 1.807) is 7.11 Å². The molecule has 0 heterocycles. The molecule has 0 spiro atoms. The first-order valence-corrected chi connectivity index (χ1v) is 23.2. The number of carbonyl (C=O) groups excluding carboxylic acids is 1.